The van der Waals surface area contributed by atoms with Crippen LogP contribution in [0.5, 0.6) is 5.75 Å². The van der Waals surface area contributed by atoms with E-state index in [2.05, 4.69) is 33.8 Å². The van der Waals surface area contributed by atoms with Gasteiger partial charge in [-0.3, -0.25) is 4.90 Å². The normalized spacial score (nSPS) is 21.5. The Morgan fingerprint density at radius 2 is 2.24 bits per heavy atom. The predicted molar refractivity (Wildman–Crippen MR) is 74.4 cm³/mol. The molecule has 1 unspecified atom stereocenters. The SMILES string of the molecule is COc1cccc(Br)c1CN1CCCCC1C. The zero-order valence-electron chi connectivity index (χ0n) is 10.6. The van der Waals surface area contributed by atoms with Crippen LogP contribution >= 0.6 is 15.9 Å². The first kappa shape index (κ1) is 12.9. The van der Waals surface area contributed by atoms with E-state index in [9.17, 15) is 0 Å². The molecule has 1 aliphatic rings. The number of hydrogen-bond acceptors (Lipinski definition) is 2. The van der Waals surface area contributed by atoms with Crippen LogP contribution in [-0.2, 0) is 6.54 Å². The van der Waals surface area contributed by atoms with Gasteiger partial charge in [-0.05, 0) is 38.4 Å². The zero-order valence-corrected chi connectivity index (χ0v) is 12.2. The molecule has 0 bridgehead atoms. The zero-order chi connectivity index (χ0) is 12.3. The molecule has 0 spiro atoms. The molecule has 1 fully saturated rings. The molecule has 3 heteroatoms. The number of hydrogen-bond donors (Lipinski definition) is 0. The Kier molecular flexibility index (Phi) is 4.46. The molecule has 2 rings (SSSR count). The number of piperidine rings is 1. The molecule has 0 amide bonds. The van der Waals surface area contributed by atoms with Gasteiger partial charge in [-0.25, -0.2) is 0 Å². The van der Waals surface area contributed by atoms with Gasteiger partial charge in [0, 0.05) is 22.6 Å². The smallest absolute Gasteiger partial charge is 0.124 e. The van der Waals surface area contributed by atoms with Crippen LogP contribution in [0.1, 0.15) is 31.7 Å². The standard InChI is InChI=1S/C14H20BrNO/c1-11-6-3-4-9-16(11)10-12-13(15)7-5-8-14(12)17-2/h5,7-8,11H,3-4,6,9-10H2,1-2H3. The van der Waals surface area contributed by atoms with Gasteiger partial charge in [-0.1, -0.05) is 28.4 Å². The van der Waals surface area contributed by atoms with Gasteiger partial charge in [-0.15, -0.1) is 0 Å². The van der Waals surface area contributed by atoms with Crippen molar-refractivity contribution in [3.63, 3.8) is 0 Å². The summed E-state index contributed by atoms with van der Waals surface area (Å²) in [5.74, 6) is 0.983. The Hall–Kier alpha value is -0.540. The van der Waals surface area contributed by atoms with E-state index >= 15 is 0 Å². The highest BCUT2D eigenvalue weighted by Crippen LogP contribution is 2.30. The van der Waals surface area contributed by atoms with Crippen molar-refractivity contribution in [2.24, 2.45) is 0 Å². The second kappa shape index (κ2) is 5.87. The van der Waals surface area contributed by atoms with E-state index in [0.29, 0.717) is 6.04 Å². The summed E-state index contributed by atoms with van der Waals surface area (Å²) in [6.07, 6.45) is 3.99. The molecule has 0 aromatic heterocycles. The van der Waals surface area contributed by atoms with E-state index in [-0.39, 0.29) is 0 Å². The molecule has 1 atom stereocenters. The van der Waals surface area contributed by atoms with E-state index in [1.54, 1.807) is 7.11 Å². The minimum absolute atomic E-state index is 0.681. The van der Waals surface area contributed by atoms with Crippen LogP contribution in [-0.4, -0.2) is 24.6 Å². The fourth-order valence-corrected chi connectivity index (χ4v) is 2.95. The van der Waals surface area contributed by atoms with E-state index in [0.717, 1.165) is 16.8 Å². The van der Waals surface area contributed by atoms with Crippen LogP contribution in [0.4, 0.5) is 0 Å². The van der Waals surface area contributed by atoms with Crippen LogP contribution in [0, 0.1) is 0 Å². The number of ether oxygens (including phenoxy) is 1. The van der Waals surface area contributed by atoms with Crippen LogP contribution < -0.4 is 4.74 Å². The molecule has 0 saturated carbocycles. The summed E-state index contributed by atoms with van der Waals surface area (Å²) < 4.78 is 6.59. The largest absolute Gasteiger partial charge is 0.496 e. The van der Waals surface area contributed by atoms with Crippen molar-refractivity contribution >= 4 is 15.9 Å². The summed E-state index contributed by atoms with van der Waals surface area (Å²) >= 11 is 3.63. The number of nitrogens with zero attached hydrogens (tertiary/aromatic N) is 1. The van der Waals surface area contributed by atoms with Crippen LogP contribution in [0.2, 0.25) is 0 Å². The van der Waals surface area contributed by atoms with Crippen molar-refractivity contribution in [2.45, 2.75) is 38.8 Å². The van der Waals surface area contributed by atoms with E-state index in [4.69, 9.17) is 4.74 Å². The maximum atomic E-state index is 5.45. The number of methoxy groups -OCH3 is 1. The van der Waals surface area contributed by atoms with Crippen molar-refractivity contribution in [1.29, 1.82) is 0 Å². The fourth-order valence-electron chi connectivity index (χ4n) is 2.48. The van der Waals surface area contributed by atoms with Gasteiger partial charge in [0.05, 0.1) is 7.11 Å². The van der Waals surface area contributed by atoms with Crippen molar-refractivity contribution in [3.8, 4) is 5.75 Å². The lowest BCUT2D eigenvalue weighted by atomic mass is 10.0. The molecule has 1 aromatic rings. The fraction of sp³-hybridized carbons (Fsp3) is 0.571. The third kappa shape index (κ3) is 3.02. The van der Waals surface area contributed by atoms with E-state index in [1.165, 1.54) is 31.4 Å². The molecule has 1 heterocycles. The lowest BCUT2D eigenvalue weighted by molar-refractivity contribution is 0.151. The maximum Gasteiger partial charge on any atom is 0.124 e. The van der Waals surface area contributed by atoms with Gasteiger partial charge in [0.2, 0.25) is 0 Å². The number of rotatable bonds is 3. The summed E-state index contributed by atoms with van der Waals surface area (Å²) in [4.78, 5) is 2.55. The van der Waals surface area contributed by atoms with Crippen molar-refractivity contribution in [2.75, 3.05) is 13.7 Å². The van der Waals surface area contributed by atoms with Crippen molar-refractivity contribution < 1.29 is 4.74 Å². The summed E-state index contributed by atoms with van der Waals surface area (Å²) in [5.41, 5.74) is 1.27. The van der Waals surface area contributed by atoms with Gasteiger partial charge in [-0.2, -0.15) is 0 Å². The lowest BCUT2D eigenvalue weighted by Gasteiger charge is -2.33. The molecule has 0 N–H and O–H groups in total. The third-order valence-corrected chi connectivity index (χ3v) is 4.34. The molecule has 0 radical (unpaired) electrons. The number of benzene rings is 1. The summed E-state index contributed by atoms with van der Waals surface area (Å²) in [5, 5.41) is 0. The first-order chi connectivity index (χ1) is 8.22. The Balaban J connectivity index is 2.16. The second-order valence-corrected chi connectivity index (χ2v) is 5.59. The maximum absolute atomic E-state index is 5.45. The minimum atomic E-state index is 0.681. The first-order valence-corrected chi connectivity index (χ1v) is 7.07. The monoisotopic (exact) mass is 297 g/mol. The quantitative estimate of drug-likeness (QED) is 0.841. The number of halogens is 1. The lowest BCUT2D eigenvalue weighted by Crippen LogP contribution is -2.36. The Morgan fingerprint density at radius 3 is 2.94 bits per heavy atom. The first-order valence-electron chi connectivity index (χ1n) is 6.28. The van der Waals surface area contributed by atoms with Crippen LogP contribution in [0.15, 0.2) is 22.7 Å². The molecule has 17 heavy (non-hydrogen) atoms. The van der Waals surface area contributed by atoms with E-state index in [1.807, 2.05) is 12.1 Å². The average Bonchev–Trinajstić information content (AvgIpc) is 2.34. The predicted octanol–water partition coefficient (Wildman–Crippen LogP) is 3.83. The highest BCUT2D eigenvalue weighted by atomic mass is 79.9. The summed E-state index contributed by atoms with van der Waals surface area (Å²) in [6.45, 7) is 4.50. The Morgan fingerprint density at radius 1 is 1.41 bits per heavy atom. The van der Waals surface area contributed by atoms with Gasteiger partial charge < -0.3 is 4.74 Å². The van der Waals surface area contributed by atoms with Gasteiger partial charge >= 0.3 is 0 Å². The van der Waals surface area contributed by atoms with E-state index < -0.39 is 0 Å². The Bertz CT molecular complexity index is 380. The topological polar surface area (TPSA) is 12.5 Å². The van der Waals surface area contributed by atoms with Crippen LogP contribution in [0.25, 0.3) is 0 Å². The summed E-state index contributed by atoms with van der Waals surface area (Å²) in [6, 6.07) is 6.83. The van der Waals surface area contributed by atoms with Crippen molar-refractivity contribution in [3.05, 3.63) is 28.2 Å². The molecule has 1 aliphatic heterocycles. The molecule has 0 aliphatic carbocycles. The second-order valence-electron chi connectivity index (χ2n) is 4.74. The van der Waals surface area contributed by atoms with Crippen molar-refractivity contribution in [1.82, 2.24) is 4.90 Å². The number of likely N-dealkylation sites (tertiary alicyclic amines) is 1. The van der Waals surface area contributed by atoms with Gasteiger partial charge in [0.1, 0.15) is 5.75 Å². The Labute approximate surface area is 112 Å². The molecule has 2 nitrogen and oxygen atoms in total. The molecule has 1 aromatic carbocycles. The molecule has 94 valence electrons. The molecule has 1 saturated heterocycles. The van der Waals surface area contributed by atoms with Crippen LogP contribution in [0.3, 0.4) is 0 Å². The van der Waals surface area contributed by atoms with Gasteiger partial charge in [0.15, 0.2) is 0 Å². The minimum Gasteiger partial charge on any atom is -0.496 e. The highest BCUT2D eigenvalue weighted by molar-refractivity contribution is 9.10. The third-order valence-electron chi connectivity index (χ3n) is 3.60. The average molecular weight is 298 g/mol. The molecular weight excluding hydrogens is 278 g/mol. The molecular formula is C14H20BrNO. The van der Waals surface area contributed by atoms with Gasteiger partial charge in [0.25, 0.3) is 0 Å². The summed E-state index contributed by atoms with van der Waals surface area (Å²) in [7, 11) is 1.74. The highest BCUT2D eigenvalue weighted by Gasteiger charge is 2.20.